The highest BCUT2D eigenvalue weighted by Gasteiger charge is 2.41. The minimum absolute atomic E-state index is 0.0570. The van der Waals surface area contributed by atoms with Crippen LogP contribution in [0, 0.1) is 17.5 Å². The number of carbonyl (C=O) groups is 1. The highest BCUT2D eigenvalue weighted by molar-refractivity contribution is 5.83. The second-order valence-corrected chi connectivity index (χ2v) is 10.9. The van der Waals surface area contributed by atoms with Gasteiger partial charge in [0, 0.05) is 30.4 Å². The second kappa shape index (κ2) is 11.3. The Morgan fingerprint density at radius 3 is 2.26 bits per heavy atom. The molecule has 204 valence electrons. The van der Waals surface area contributed by atoms with Crippen molar-refractivity contribution in [3.05, 3.63) is 113 Å². The lowest BCUT2D eigenvalue weighted by molar-refractivity contribution is -0.132. The molecule has 0 saturated carbocycles. The molecule has 3 aromatic rings. The van der Waals surface area contributed by atoms with Gasteiger partial charge in [-0.2, -0.15) is 0 Å². The molecule has 0 radical (unpaired) electrons. The maximum Gasteiger partial charge on any atom is 0.230 e. The summed E-state index contributed by atoms with van der Waals surface area (Å²) in [4.78, 5) is 17.6. The number of likely N-dealkylation sites (tertiary alicyclic amines) is 1. The van der Waals surface area contributed by atoms with Crippen LogP contribution in [0.15, 0.2) is 79.0 Å². The summed E-state index contributed by atoms with van der Waals surface area (Å²) in [5, 5.41) is 3.31. The van der Waals surface area contributed by atoms with E-state index in [1.54, 1.807) is 48.3 Å². The predicted octanol–water partition coefficient (Wildman–Crippen LogP) is 6.60. The summed E-state index contributed by atoms with van der Waals surface area (Å²) in [6.07, 6.45) is 3.13. The van der Waals surface area contributed by atoms with Gasteiger partial charge in [-0.05, 0) is 104 Å². The quantitative estimate of drug-likeness (QED) is 0.372. The normalized spacial score (nSPS) is 17.4. The van der Waals surface area contributed by atoms with Crippen LogP contribution in [-0.2, 0) is 16.8 Å². The first-order valence-electron chi connectivity index (χ1n) is 13.4. The van der Waals surface area contributed by atoms with Gasteiger partial charge in [-0.1, -0.05) is 30.8 Å². The molecule has 1 fully saturated rings. The zero-order valence-electron chi connectivity index (χ0n) is 22.2. The summed E-state index contributed by atoms with van der Waals surface area (Å²) in [6, 6.07) is 17.2. The summed E-state index contributed by atoms with van der Waals surface area (Å²) in [5.74, 6) is -1.37. The standard InChI is InChI=1S/C32H34F3N3O/c1-22-20-32(29-19-27(35)11-12-30(29)36-22)14-17-38(18-15-32)16-13-28(24-5-9-26(34)10-6-24)31(39)37(2)21-23-3-7-25(33)8-4-23/h3-12,19,28,36H,1,13-18,20-21H2,2H3. The minimum atomic E-state index is -0.430. The van der Waals surface area contributed by atoms with Gasteiger partial charge in [0.1, 0.15) is 17.5 Å². The third-order valence-electron chi connectivity index (χ3n) is 8.24. The lowest BCUT2D eigenvalue weighted by atomic mass is 9.67. The SMILES string of the molecule is C=C1CC2(CCN(CCC(C(=O)N(C)Cc3ccc(F)cc3)c3ccc(F)cc3)CC2)c2cc(F)ccc2N1. The first-order valence-corrected chi connectivity index (χ1v) is 13.4. The van der Waals surface area contributed by atoms with E-state index < -0.39 is 5.92 Å². The Kier molecular flexibility index (Phi) is 7.80. The number of carbonyl (C=O) groups excluding carboxylic acids is 1. The fourth-order valence-electron chi connectivity index (χ4n) is 6.10. The van der Waals surface area contributed by atoms with Gasteiger partial charge in [0.05, 0.1) is 5.92 Å². The lowest BCUT2D eigenvalue weighted by Gasteiger charge is -2.46. The maximum atomic E-state index is 14.2. The van der Waals surface area contributed by atoms with E-state index in [1.165, 1.54) is 30.3 Å². The van der Waals surface area contributed by atoms with Crippen molar-refractivity contribution in [3.63, 3.8) is 0 Å². The molecule has 0 bridgehead atoms. The van der Waals surface area contributed by atoms with Crippen molar-refractivity contribution in [3.8, 4) is 0 Å². The number of rotatable bonds is 7. The molecule has 3 aromatic carbocycles. The number of hydrogen-bond donors (Lipinski definition) is 1. The molecule has 0 aliphatic carbocycles. The molecule has 7 heteroatoms. The van der Waals surface area contributed by atoms with Gasteiger partial charge in [-0.3, -0.25) is 4.79 Å². The average Bonchev–Trinajstić information content (AvgIpc) is 2.92. The van der Waals surface area contributed by atoms with Crippen molar-refractivity contribution in [1.29, 1.82) is 0 Å². The van der Waals surface area contributed by atoms with Gasteiger partial charge < -0.3 is 15.1 Å². The number of nitrogens with zero attached hydrogens (tertiary/aromatic N) is 2. The molecular weight excluding hydrogens is 499 g/mol. The summed E-state index contributed by atoms with van der Waals surface area (Å²) in [6.45, 7) is 6.90. The van der Waals surface area contributed by atoms with Crippen LogP contribution < -0.4 is 5.32 Å². The molecule has 2 aliphatic heterocycles. The molecule has 1 unspecified atom stereocenters. The number of likely N-dealkylation sites (N-methyl/N-ethyl adjacent to an activating group) is 1. The van der Waals surface area contributed by atoms with Crippen molar-refractivity contribution >= 4 is 11.6 Å². The van der Waals surface area contributed by atoms with Gasteiger partial charge in [-0.25, -0.2) is 13.2 Å². The topological polar surface area (TPSA) is 35.6 Å². The molecule has 5 rings (SSSR count). The van der Waals surface area contributed by atoms with Gasteiger partial charge >= 0.3 is 0 Å². The van der Waals surface area contributed by atoms with Gasteiger partial charge in [0.15, 0.2) is 0 Å². The Labute approximate surface area is 228 Å². The van der Waals surface area contributed by atoms with E-state index in [4.69, 9.17) is 0 Å². The molecule has 1 spiro atoms. The highest BCUT2D eigenvalue weighted by atomic mass is 19.1. The number of hydrogen-bond acceptors (Lipinski definition) is 3. The molecule has 1 atom stereocenters. The van der Waals surface area contributed by atoms with Gasteiger partial charge in [0.25, 0.3) is 0 Å². The van der Waals surface area contributed by atoms with Gasteiger partial charge in [0.2, 0.25) is 5.91 Å². The minimum Gasteiger partial charge on any atom is -0.359 e. The van der Waals surface area contributed by atoms with Crippen molar-refractivity contribution in [2.45, 2.75) is 43.6 Å². The number of anilines is 1. The van der Waals surface area contributed by atoms with E-state index in [0.29, 0.717) is 19.5 Å². The van der Waals surface area contributed by atoms with Crippen molar-refractivity contribution < 1.29 is 18.0 Å². The van der Waals surface area contributed by atoms with Crippen LogP contribution in [0.5, 0.6) is 0 Å². The fraction of sp³-hybridized carbons (Fsp3) is 0.344. The lowest BCUT2D eigenvalue weighted by Crippen LogP contribution is -2.45. The number of benzene rings is 3. The number of halogens is 3. The van der Waals surface area contributed by atoms with Crippen LogP contribution in [0.2, 0.25) is 0 Å². The molecular formula is C32H34F3N3O. The molecule has 2 aliphatic rings. The number of nitrogens with one attached hydrogen (secondary N) is 1. The summed E-state index contributed by atoms with van der Waals surface area (Å²) in [5.41, 5.74) is 4.39. The highest BCUT2D eigenvalue weighted by Crippen LogP contribution is 2.47. The molecule has 1 N–H and O–H groups in total. The van der Waals surface area contributed by atoms with Crippen LogP contribution in [0.1, 0.15) is 48.3 Å². The third kappa shape index (κ3) is 6.04. The summed E-state index contributed by atoms with van der Waals surface area (Å²) >= 11 is 0. The Balaban J connectivity index is 1.27. The van der Waals surface area contributed by atoms with Crippen LogP contribution in [0.4, 0.5) is 18.9 Å². The number of allylic oxidation sites excluding steroid dienone is 1. The molecule has 39 heavy (non-hydrogen) atoms. The molecule has 0 aromatic heterocycles. The Hall–Kier alpha value is -3.58. The molecule has 1 amide bonds. The van der Waals surface area contributed by atoms with E-state index >= 15 is 0 Å². The second-order valence-electron chi connectivity index (χ2n) is 10.9. The van der Waals surface area contributed by atoms with E-state index in [0.717, 1.165) is 60.4 Å². The molecule has 2 heterocycles. The Morgan fingerprint density at radius 2 is 1.59 bits per heavy atom. The first kappa shape index (κ1) is 27.0. The molecule has 4 nitrogen and oxygen atoms in total. The van der Waals surface area contributed by atoms with Crippen LogP contribution >= 0.6 is 0 Å². The fourth-order valence-corrected chi connectivity index (χ4v) is 6.10. The van der Waals surface area contributed by atoms with E-state index in [-0.39, 0.29) is 28.8 Å². The number of amides is 1. The first-order chi connectivity index (χ1) is 18.7. The Bertz CT molecular complexity index is 1330. The number of piperidine rings is 1. The smallest absolute Gasteiger partial charge is 0.230 e. The Morgan fingerprint density at radius 1 is 0.974 bits per heavy atom. The maximum absolute atomic E-state index is 14.2. The van der Waals surface area contributed by atoms with E-state index in [1.807, 2.05) is 0 Å². The van der Waals surface area contributed by atoms with Crippen LogP contribution in [0.3, 0.4) is 0 Å². The van der Waals surface area contributed by atoms with E-state index in [9.17, 15) is 18.0 Å². The summed E-state index contributed by atoms with van der Waals surface area (Å²) in [7, 11) is 1.74. The largest absolute Gasteiger partial charge is 0.359 e. The van der Waals surface area contributed by atoms with Gasteiger partial charge in [-0.15, -0.1) is 0 Å². The average molecular weight is 534 g/mol. The van der Waals surface area contributed by atoms with Crippen LogP contribution in [0.25, 0.3) is 0 Å². The van der Waals surface area contributed by atoms with E-state index in [2.05, 4.69) is 16.8 Å². The van der Waals surface area contributed by atoms with Crippen molar-refractivity contribution in [1.82, 2.24) is 9.80 Å². The number of fused-ring (bicyclic) bond motifs is 2. The van der Waals surface area contributed by atoms with Crippen LogP contribution in [-0.4, -0.2) is 42.4 Å². The predicted molar refractivity (Wildman–Crippen MR) is 148 cm³/mol. The van der Waals surface area contributed by atoms with Crippen molar-refractivity contribution in [2.75, 3.05) is 32.0 Å². The molecule has 1 saturated heterocycles. The third-order valence-corrected chi connectivity index (χ3v) is 8.24. The zero-order valence-corrected chi connectivity index (χ0v) is 22.2. The zero-order chi connectivity index (χ0) is 27.6. The van der Waals surface area contributed by atoms with Crippen molar-refractivity contribution in [2.24, 2.45) is 0 Å². The monoisotopic (exact) mass is 533 g/mol. The summed E-state index contributed by atoms with van der Waals surface area (Å²) < 4.78 is 41.2.